The SMILES string of the molecule is CCC(CC)n1c(Cc2cccs2)nc2cc(C(=O)NCC(=O)Nc3cccc(N4CCOCC4)c3)ccc21. The second-order valence-electron chi connectivity index (χ2n) is 9.71. The third-order valence-electron chi connectivity index (χ3n) is 7.16. The summed E-state index contributed by atoms with van der Waals surface area (Å²) in [6, 6.07) is 17.9. The Morgan fingerprint density at radius 1 is 1.05 bits per heavy atom. The predicted molar refractivity (Wildman–Crippen MR) is 157 cm³/mol. The number of hydrogen-bond donors (Lipinski definition) is 2. The van der Waals surface area contributed by atoms with Crippen LogP contribution in [-0.4, -0.2) is 54.2 Å². The van der Waals surface area contributed by atoms with E-state index in [0.717, 1.165) is 54.9 Å². The van der Waals surface area contributed by atoms with E-state index in [9.17, 15) is 9.59 Å². The largest absolute Gasteiger partial charge is 0.378 e. The van der Waals surface area contributed by atoms with Gasteiger partial charge in [-0.05, 0) is 60.7 Å². The summed E-state index contributed by atoms with van der Waals surface area (Å²) in [5.41, 5.74) is 4.06. The molecule has 9 heteroatoms. The van der Waals surface area contributed by atoms with Crippen LogP contribution in [0.3, 0.4) is 0 Å². The Kier molecular flexibility index (Phi) is 8.58. The first-order chi connectivity index (χ1) is 19.1. The second-order valence-corrected chi connectivity index (χ2v) is 10.7. The minimum absolute atomic E-state index is 0.121. The number of aromatic nitrogens is 2. The molecule has 1 aliphatic rings. The molecule has 2 aromatic carbocycles. The number of nitrogens with one attached hydrogen (secondary N) is 2. The molecule has 0 aliphatic carbocycles. The molecular formula is C30H35N5O3S. The number of morpholine rings is 1. The minimum atomic E-state index is -0.300. The fourth-order valence-electron chi connectivity index (χ4n) is 5.11. The monoisotopic (exact) mass is 545 g/mol. The van der Waals surface area contributed by atoms with Crippen LogP contribution in [0.4, 0.5) is 11.4 Å². The molecule has 8 nitrogen and oxygen atoms in total. The Balaban J connectivity index is 1.26. The molecule has 2 amide bonds. The number of hydrogen-bond acceptors (Lipinski definition) is 6. The van der Waals surface area contributed by atoms with Crippen molar-refractivity contribution in [3.8, 4) is 0 Å². The van der Waals surface area contributed by atoms with Gasteiger partial charge in [-0.15, -0.1) is 11.3 Å². The van der Waals surface area contributed by atoms with Gasteiger partial charge in [0.1, 0.15) is 5.82 Å². The molecule has 0 saturated carbocycles. The molecule has 1 fully saturated rings. The van der Waals surface area contributed by atoms with Crippen molar-refractivity contribution in [3.63, 3.8) is 0 Å². The van der Waals surface area contributed by atoms with Gasteiger partial charge in [0.05, 0.1) is 30.8 Å². The van der Waals surface area contributed by atoms with E-state index in [2.05, 4.69) is 51.5 Å². The van der Waals surface area contributed by atoms with Gasteiger partial charge in [0.2, 0.25) is 5.91 Å². The van der Waals surface area contributed by atoms with Crippen LogP contribution < -0.4 is 15.5 Å². The van der Waals surface area contributed by atoms with Crippen LogP contribution in [0.5, 0.6) is 0 Å². The number of fused-ring (bicyclic) bond motifs is 1. The molecule has 2 N–H and O–H groups in total. The summed E-state index contributed by atoms with van der Waals surface area (Å²) in [7, 11) is 0. The number of carbonyl (C=O) groups is 2. The molecule has 0 radical (unpaired) electrons. The molecule has 1 aliphatic heterocycles. The first kappa shape index (κ1) is 26.9. The van der Waals surface area contributed by atoms with Crippen molar-refractivity contribution >= 4 is 45.6 Å². The molecule has 0 spiro atoms. The maximum atomic E-state index is 13.0. The van der Waals surface area contributed by atoms with E-state index >= 15 is 0 Å². The lowest BCUT2D eigenvalue weighted by Gasteiger charge is -2.29. The molecule has 5 rings (SSSR count). The van der Waals surface area contributed by atoms with E-state index in [0.29, 0.717) is 30.5 Å². The van der Waals surface area contributed by atoms with Gasteiger partial charge in [-0.2, -0.15) is 0 Å². The van der Waals surface area contributed by atoms with E-state index in [-0.39, 0.29) is 18.4 Å². The van der Waals surface area contributed by atoms with Crippen molar-refractivity contribution in [2.75, 3.05) is 43.1 Å². The van der Waals surface area contributed by atoms with Crippen molar-refractivity contribution in [3.05, 3.63) is 76.2 Å². The molecule has 1 saturated heterocycles. The quantitative estimate of drug-likeness (QED) is 0.284. The maximum Gasteiger partial charge on any atom is 0.251 e. The lowest BCUT2D eigenvalue weighted by molar-refractivity contribution is -0.115. The lowest BCUT2D eigenvalue weighted by Crippen LogP contribution is -2.36. The standard InChI is InChI=1S/C30H35N5O3S/c1-3-23(4-2)35-27-11-10-21(17-26(27)33-28(35)19-25-9-6-16-39-25)30(37)31-20-29(36)32-22-7-5-8-24(18-22)34-12-14-38-15-13-34/h5-11,16-18,23H,3-4,12-15,19-20H2,1-2H3,(H,31,37)(H,32,36). The number of ether oxygens (including phenoxy) is 1. The number of carbonyl (C=O) groups excluding carboxylic acids is 2. The Labute approximate surface area is 233 Å². The van der Waals surface area contributed by atoms with Gasteiger partial charge in [0.25, 0.3) is 5.91 Å². The van der Waals surface area contributed by atoms with Crippen LogP contribution in [0.2, 0.25) is 0 Å². The van der Waals surface area contributed by atoms with Crippen LogP contribution in [0.1, 0.15) is 53.8 Å². The molecular weight excluding hydrogens is 510 g/mol. The molecule has 39 heavy (non-hydrogen) atoms. The van der Waals surface area contributed by atoms with Crippen molar-refractivity contribution in [1.29, 1.82) is 0 Å². The lowest BCUT2D eigenvalue weighted by atomic mass is 10.1. The van der Waals surface area contributed by atoms with Crippen LogP contribution >= 0.6 is 11.3 Å². The van der Waals surface area contributed by atoms with E-state index in [1.54, 1.807) is 11.3 Å². The summed E-state index contributed by atoms with van der Waals surface area (Å²) in [5.74, 6) is 0.434. The summed E-state index contributed by atoms with van der Waals surface area (Å²) in [4.78, 5) is 34.0. The van der Waals surface area contributed by atoms with Gasteiger partial charge in [0, 0.05) is 47.4 Å². The Bertz CT molecular complexity index is 1420. The molecule has 3 heterocycles. The van der Waals surface area contributed by atoms with Crippen molar-refractivity contribution in [1.82, 2.24) is 14.9 Å². The number of rotatable bonds is 10. The highest BCUT2D eigenvalue weighted by Gasteiger charge is 2.19. The normalized spacial score (nSPS) is 13.7. The Hall–Kier alpha value is -3.69. The molecule has 2 aromatic heterocycles. The van der Waals surface area contributed by atoms with Crippen LogP contribution in [0, 0.1) is 0 Å². The highest BCUT2D eigenvalue weighted by Crippen LogP contribution is 2.28. The first-order valence-corrected chi connectivity index (χ1v) is 14.5. The average Bonchev–Trinajstić information content (AvgIpc) is 3.61. The summed E-state index contributed by atoms with van der Waals surface area (Å²) >= 11 is 1.73. The summed E-state index contributed by atoms with van der Waals surface area (Å²) in [5, 5.41) is 7.72. The van der Waals surface area contributed by atoms with Crippen molar-refractivity contribution < 1.29 is 14.3 Å². The maximum absolute atomic E-state index is 13.0. The fourth-order valence-corrected chi connectivity index (χ4v) is 5.82. The van der Waals surface area contributed by atoms with Crippen LogP contribution in [0.25, 0.3) is 11.0 Å². The molecule has 0 unspecified atom stereocenters. The topological polar surface area (TPSA) is 88.5 Å². The van der Waals surface area contributed by atoms with Crippen molar-refractivity contribution in [2.24, 2.45) is 0 Å². The smallest absolute Gasteiger partial charge is 0.251 e. The van der Waals surface area contributed by atoms with E-state index < -0.39 is 0 Å². The van der Waals surface area contributed by atoms with E-state index in [1.807, 2.05) is 42.5 Å². The number of amides is 2. The zero-order valence-corrected chi connectivity index (χ0v) is 23.3. The second kappa shape index (κ2) is 12.4. The molecule has 0 atom stereocenters. The highest BCUT2D eigenvalue weighted by molar-refractivity contribution is 7.09. The van der Waals surface area contributed by atoms with Gasteiger partial charge >= 0.3 is 0 Å². The number of nitrogens with zero attached hydrogens (tertiary/aromatic N) is 3. The average molecular weight is 546 g/mol. The Morgan fingerprint density at radius 3 is 2.62 bits per heavy atom. The van der Waals surface area contributed by atoms with E-state index in [1.165, 1.54) is 4.88 Å². The predicted octanol–water partition coefficient (Wildman–Crippen LogP) is 5.25. The first-order valence-electron chi connectivity index (χ1n) is 13.6. The zero-order valence-electron chi connectivity index (χ0n) is 22.5. The van der Waals surface area contributed by atoms with Gasteiger partial charge in [-0.1, -0.05) is 26.0 Å². The van der Waals surface area contributed by atoms with Gasteiger partial charge in [0.15, 0.2) is 0 Å². The third kappa shape index (κ3) is 6.32. The van der Waals surface area contributed by atoms with Gasteiger partial charge < -0.3 is 24.8 Å². The third-order valence-corrected chi connectivity index (χ3v) is 8.04. The summed E-state index contributed by atoms with van der Waals surface area (Å²) < 4.78 is 7.75. The number of anilines is 2. The summed E-state index contributed by atoms with van der Waals surface area (Å²) in [6.45, 7) is 7.31. The number of imidazole rings is 1. The number of thiophene rings is 1. The van der Waals surface area contributed by atoms with Crippen molar-refractivity contribution in [2.45, 2.75) is 39.2 Å². The van der Waals surface area contributed by atoms with Crippen LogP contribution in [0.15, 0.2) is 60.0 Å². The van der Waals surface area contributed by atoms with Crippen LogP contribution in [-0.2, 0) is 16.0 Å². The Morgan fingerprint density at radius 2 is 1.87 bits per heavy atom. The van der Waals surface area contributed by atoms with Gasteiger partial charge in [-0.3, -0.25) is 9.59 Å². The van der Waals surface area contributed by atoms with Gasteiger partial charge in [-0.25, -0.2) is 4.98 Å². The zero-order chi connectivity index (χ0) is 27.2. The number of benzene rings is 2. The van der Waals surface area contributed by atoms with E-state index in [4.69, 9.17) is 9.72 Å². The fraction of sp³-hybridized carbons (Fsp3) is 0.367. The summed E-state index contributed by atoms with van der Waals surface area (Å²) in [6.07, 6.45) is 2.77. The minimum Gasteiger partial charge on any atom is -0.378 e. The molecule has 0 bridgehead atoms. The highest BCUT2D eigenvalue weighted by atomic mass is 32.1. The molecule has 204 valence electrons. The molecule has 4 aromatic rings.